The topological polar surface area (TPSA) is 62.3 Å². The lowest BCUT2D eigenvalue weighted by Gasteiger charge is -2.43. The molecular formula is C21H15ClFN3O2. The molecule has 1 N–H and O–H groups in total. The van der Waals surface area contributed by atoms with Crippen LogP contribution in [0.3, 0.4) is 0 Å². The average molecular weight is 396 g/mol. The monoisotopic (exact) mass is 395 g/mol. The summed E-state index contributed by atoms with van der Waals surface area (Å²) < 4.78 is 13.5. The Morgan fingerprint density at radius 2 is 1.93 bits per heavy atom. The van der Waals surface area contributed by atoms with Crippen molar-refractivity contribution < 1.29 is 14.0 Å². The maximum absolute atomic E-state index is 13.5. The Morgan fingerprint density at radius 1 is 1.14 bits per heavy atom. The first kappa shape index (κ1) is 17.1. The maximum atomic E-state index is 13.5. The van der Waals surface area contributed by atoms with Gasteiger partial charge in [0.25, 0.3) is 5.91 Å². The Hall–Kier alpha value is -2.99. The van der Waals surface area contributed by atoms with Crippen LogP contribution in [0.25, 0.3) is 10.8 Å². The zero-order valence-corrected chi connectivity index (χ0v) is 15.4. The molecule has 2 aromatic carbocycles. The van der Waals surface area contributed by atoms with E-state index in [0.29, 0.717) is 34.3 Å². The largest absolute Gasteiger partial charge is 0.329 e. The Bertz CT molecular complexity index is 1140. The molecule has 140 valence electrons. The second kappa shape index (κ2) is 6.01. The van der Waals surface area contributed by atoms with Gasteiger partial charge in [-0.2, -0.15) is 0 Å². The van der Waals surface area contributed by atoms with Gasteiger partial charge >= 0.3 is 6.03 Å². The molecule has 1 aliphatic carbocycles. The Balaban J connectivity index is 1.48. The number of benzene rings is 2. The number of carbonyl (C=O) groups excluding carboxylic acids is 2. The van der Waals surface area contributed by atoms with Crippen molar-refractivity contribution in [2.45, 2.75) is 24.3 Å². The van der Waals surface area contributed by atoms with Gasteiger partial charge in [0.15, 0.2) is 0 Å². The molecule has 3 amide bonds. The van der Waals surface area contributed by atoms with Crippen LogP contribution in [0.1, 0.15) is 24.3 Å². The number of imide groups is 1. The zero-order chi connectivity index (χ0) is 19.5. The van der Waals surface area contributed by atoms with Gasteiger partial charge in [-0.15, -0.1) is 0 Å². The fourth-order valence-corrected chi connectivity index (χ4v) is 4.52. The van der Waals surface area contributed by atoms with Gasteiger partial charge in [-0.25, -0.2) is 14.1 Å². The van der Waals surface area contributed by atoms with Gasteiger partial charge in [-0.05, 0) is 48.6 Å². The van der Waals surface area contributed by atoms with Crippen LogP contribution in [0.5, 0.6) is 0 Å². The van der Waals surface area contributed by atoms with Crippen molar-refractivity contribution in [1.29, 1.82) is 0 Å². The highest BCUT2D eigenvalue weighted by Gasteiger charge is 2.59. The third-order valence-corrected chi connectivity index (χ3v) is 5.98. The van der Waals surface area contributed by atoms with Gasteiger partial charge in [0.2, 0.25) is 0 Å². The molecule has 1 spiro atoms. The molecule has 1 saturated heterocycles. The molecule has 0 radical (unpaired) electrons. The summed E-state index contributed by atoms with van der Waals surface area (Å²) in [5.74, 6) is -0.598. The van der Waals surface area contributed by atoms with Crippen molar-refractivity contribution in [3.05, 3.63) is 71.3 Å². The molecule has 0 unspecified atom stereocenters. The summed E-state index contributed by atoms with van der Waals surface area (Å²) in [6.45, 7) is 0. The van der Waals surface area contributed by atoms with E-state index >= 15 is 0 Å². The van der Waals surface area contributed by atoms with Crippen LogP contribution in [0.15, 0.2) is 54.9 Å². The highest BCUT2D eigenvalue weighted by atomic mass is 35.5. The van der Waals surface area contributed by atoms with Crippen molar-refractivity contribution in [1.82, 2.24) is 10.3 Å². The summed E-state index contributed by atoms with van der Waals surface area (Å²) in [7, 11) is 0. The summed E-state index contributed by atoms with van der Waals surface area (Å²) in [5, 5.41) is 4.64. The number of urea groups is 1. The molecule has 1 saturated carbocycles. The number of hydrogen-bond donors (Lipinski definition) is 1. The molecule has 3 aromatic rings. The lowest BCUT2D eigenvalue weighted by molar-refractivity contribution is -0.125. The van der Waals surface area contributed by atoms with E-state index in [2.05, 4.69) is 10.3 Å². The van der Waals surface area contributed by atoms with E-state index in [1.54, 1.807) is 6.07 Å². The highest BCUT2D eigenvalue weighted by molar-refractivity contribution is 6.31. The second-order valence-corrected chi connectivity index (χ2v) is 7.71. The van der Waals surface area contributed by atoms with Crippen LogP contribution in [0.4, 0.5) is 14.9 Å². The van der Waals surface area contributed by atoms with Crippen LogP contribution in [0, 0.1) is 5.82 Å². The summed E-state index contributed by atoms with van der Waals surface area (Å²) >= 11 is 6.27. The number of amides is 3. The number of hydrogen-bond acceptors (Lipinski definition) is 3. The zero-order valence-electron chi connectivity index (χ0n) is 14.7. The van der Waals surface area contributed by atoms with E-state index in [1.807, 2.05) is 24.3 Å². The van der Waals surface area contributed by atoms with Gasteiger partial charge in [-0.3, -0.25) is 9.78 Å². The minimum atomic E-state index is -0.927. The van der Waals surface area contributed by atoms with E-state index in [9.17, 15) is 14.0 Å². The molecule has 0 bridgehead atoms. The quantitative estimate of drug-likeness (QED) is 0.654. The number of aromatic nitrogens is 1. The second-order valence-electron chi connectivity index (χ2n) is 7.30. The number of pyridine rings is 1. The van der Waals surface area contributed by atoms with Crippen molar-refractivity contribution in [2.24, 2.45) is 0 Å². The minimum Gasteiger partial charge on any atom is -0.323 e. The van der Waals surface area contributed by atoms with Crippen LogP contribution >= 0.6 is 11.6 Å². The standard InChI is InChI=1S/C21H15ClFN3O2/c22-17-4-2-1-3-15(17)13-8-21(9-13)19(27)26(20(28)25-21)18-11-24-10-12-7-14(23)5-6-16(12)18/h1-7,10-11,13H,8-9H2,(H,25,28). The first-order valence-corrected chi connectivity index (χ1v) is 9.31. The SMILES string of the molecule is O=C1NC2(CC(c3ccccc3Cl)C2)C(=O)N1c1cncc2cc(F)ccc12. The molecule has 5 nitrogen and oxygen atoms in total. The third-order valence-electron chi connectivity index (χ3n) is 5.64. The normalized spacial score (nSPS) is 23.9. The average Bonchev–Trinajstić information content (AvgIpc) is 2.91. The highest BCUT2D eigenvalue weighted by Crippen LogP contribution is 2.50. The number of anilines is 1. The Kier molecular flexibility index (Phi) is 3.67. The molecule has 2 aliphatic rings. The molecule has 0 atom stereocenters. The summed E-state index contributed by atoms with van der Waals surface area (Å²) in [6, 6.07) is 11.2. The molecule has 1 aromatic heterocycles. The molecule has 1 aliphatic heterocycles. The van der Waals surface area contributed by atoms with E-state index in [-0.39, 0.29) is 11.8 Å². The summed E-state index contributed by atoms with van der Waals surface area (Å²) in [4.78, 5) is 31.1. The predicted octanol–water partition coefficient (Wildman–Crippen LogP) is 4.40. The van der Waals surface area contributed by atoms with E-state index < -0.39 is 17.4 Å². The van der Waals surface area contributed by atoms with Gasteiger partial charge in [-0.1, -0.05) is 29.8 Å². The first-order valence-electron chi connectivity index (χ1n) is 8.93. The van der Waals surface area contributed by atoms with Crippen molar-refractivity contribution >= 4 is 40.0 Å². The lowest BCUT2D eigenvalue weighted by atomic mass is 9.65. The van der Waals surface area contributed by atoms with Gasteiger partial charge in [0.05, 0.1) is 11.9 Å². The van der Waals surface area contributed by atoms with Crippen LogP contribution < -0.4 is 10.2 Å². The first-order chi connectivity index (χ1) is 13.5. The van der Waals surface area contributed by atoms with E-state index in [4.69, 9.17) is 11.6 Å². The minimum absolute atomic E-state index is 0.109. The molecule has 2 heterocycles. The number of fused-ring (bicyclic) bond motifs is 1. The third kappa shape index (κ3) is 2.41. The van der Waals surface area contributed by atoms with Gasteiger partial charge in [0.1, 0.15) is 11.4 Å². The molecule has 28 heavy (non-hydrogen) atoms. The van der Waals surface area contributed by atoms with E-state index in [1.165, 1.54) is 24.5 Å². The van der Waals surface area contributed by atoms with E-state index in [0.717, 1.165) is 10.5 Å². The van der Waals surface area contributed by atoms with Crippen molar-refractivity contribution in [3.8, 4) is 0 Å². The predicted molar refractivity (Wildman–Crippen MR) is 104 cm³/mol. The summed E-state index contributed by atoms with van der Waals surface area (Å²) in [5.41, 5.74) is 0.416. The van der Waals surface area contributed by atoms with Crippen molar-refractivity contribution in [2.75, 3.05) is 4.90 Å². The lowest BCUT2D eigenvalue weighted by Crippen LogP contribution is -2.56. The molecule has 5 rings (SSSR count). The van der Waals surface area contributed by atoms with Crippen LogP contribution in [-0.4, -0.2) is 22.5 Å². The maximum Gasteiger partial charge on any atom is 0.329 e. The summed E-state index contributed by atoms with van der Waals surface area (Å²) in [6.07, 6.45) is 3.95. The number of carbonyl (C=O) groups is 2. The fraction of sp³-hybridized carbons (Fsp3) is 0.190. The Labute approximate surface area is 165 Å². The molecule has 7 heteroatoms. The number of nitrogens with one attached hydrogen (secondary N) is 1. The van der Waals surface area contributed by atoms with Crippen molar-refractivity contribution in [3.63, 3.8) is 0 Å². The number of nitrogens with zero attached hydrogens (tertiary/aromatic N) is 2. The van der Waals surface area contributed by atoms with Gasteiger partial charge < -0.3 is 5.32 Å². The van der Waals surface area contributed by atoms with Gasteiger partial charge in [0, 0.05) is 22.0 Å². The molecular weight excluding hydrogens is 381 g/mol. The fourth-order valence-electron chi connectivity index (χ4n) is 4.23. The molecule has 2 fully saturated rings. The van der Waals surface area contributed by atoms with Crippen LogP contribution in [0.2, 0.25) is 5.02 Å². The van der Waals surface area contributed by atoms with Crippen LogP contribution in [-0.2, 0) is 4.79 Å². The number of rotatable bonds is 2. The Morgan fingerprint density at radius 3 is 2.71 bits per heavy atom. The number of halogens is 2. The smallest absolute Gasteiger partial charge is 0.323 e.